The Labute approximate surface area is 99.9 Å². The van der Waals surface area contributed by atoms with Crippen molar-refractivity contribution in [3.63, 3.8) is 0 Å². The maximum atomic E-state index is 12.0. The minimum atomic E-state index is -0.234. The molecule has 2 rings (SSSR count). The van der Waals surface area contributed by atoms with Gasteiger partial charge in [-0.2, -0.15) is 0 Å². The second-order valence-corrected chi connectivity index (χ2v) is 3.78. The monoisotopic (exact) mass is 230 g/mol. The van der Waals surface area contributed by atoms with Crippen LogP contribution in [-0.4, -0.2) is 30.3 Å². The first-order chi connectivity index (χ1) is 8.17. The predicted molar refractivity (Wildman–Crippen MR) is 66.4 cm³/mol. The van der Waals surface area contributed by atoms with E-state index in [1.807, 2.05) is 31.3 Å². The van der Waals surface area contributed by atoms with Crippen molar-refractivity contribution in [3.8, 4) is 0 Å². The van der Waals surface area contributed by atoms with Crippen molar-refractivity contribution >= 4 is 23.1 Å². The van der Waals surface area contributed by atoms with E-state index in [1.54, 1.807) is 6.92 Å². The Bertz CT molecular complexity index is 506. The normalized spacial score (nSPS) is 15.2. The van der Waals surface area contributed by atoms with E-state index in [1.165, 1.54) is 11.0 Å². The van der Waals surface area contributed by atoms with Gasteiger partial charge >= 0.3 is 0 Å². The third-order valence-electron chi connectivity index (χ3n) is 2.79. The summed E-state index contributed by atoms with van der Waals surface area (Å²) in [4.78, 5) is 24.8. The summed E-state index contributed by atoms with van der Waals surface area (Å²) in [6.07, 6.45) is 1.40. The maximum Gasteiger partial charge on any atom is 0.261 e. The van der Waals surface area contributed by atoms with Gasteiger partial charge in [0.1, 0.15) is 0 Å². The van der Waals surface area contributed by atoms with Crippen LogP contribution in [0.4, 0.5) is 5.69 Å². The van der Waals surface area contributed by atoms with Crippen molar-refractivity contribution in [2.45, 2.75) is 6.92 Å². The molecule has 1 aliphatic rings. The third kappa shape index (κ3) is 1.93. The van der Waals surface area contributed by atoms with Crippen molar-refractivity contribution in [1.82, 2.24) is 4.90 Å². The average molecular weight is 230 g/mol. The molecule has 0 bridgehead atoms. The number of carbonyl (C=O) groups excluding carboxylic acids is 2. The molecule has 0 atom stereocenters. The minimum absolute atomic E-state index is 0.217. The zero-order valence-corrected chi connectivity index (χ0v) is 9.86. The van der Waals surface area contributed by atoms with Crippen LogP contribution in [0.1, 0.15) is 12.5 Å². The Morgan fingerprint density at radius 2 is 2.06 bits per heavy atom. The number of anilines is 1. The minimum Gasteiger partial charge on any atom is -0.388 e. The van der Waals surface area contributed by atoms with Crippen LogP contribution in [0, 0.1) is 0 Å². The van der Waals surface area contributed by atoms with Gasteiger partial charge in [-0.3, -0.25) is 14.5 Å². The van der Waals surface area contributed by atoms with Gasteiger partial charge in [-0.1, -0.05) is 12.1 Å². The number of benzene rings is 1. The molecule has 1 aliphatic heterocycles. The van der Waals surface area contributed by atoms with Crippen LogP contribution >= 0.6 is 0 Å². The summed E-state index contributed by atoms with van der Waals surface area (Å²) in [5.41, 5.74) is 2.15. The summed E-state index contributed by atoms with van der Waals surface area (Å²) in [5, 5.41) is 3.01. The van der Waals surface area contributed by atoms with Crippen LogP contribution in [0.3, 0.4) is 0 Å². The Morgan fingerprint density at radius 3 is 2.65 bits per heavy atom. The summed E-state index contributed by atoms with van der Waals surface area (Å²) < 4.78 is 0. The van der Waals surface area contributed by atoms with Gasteiger partial charge in [0.15, 0.2) is 0 Å². The van der Waals surface area contributed by atoms with Crippen LogP contribution in [0.5, 0.6) is 0 Å². The quantitative estimate of drug-likeness (QED) is 0.800. The zero-order valence-electron chi connectivity index (χ0n) is 9.86. The van der Waals surface area contributed by atoms with Crippen LogP contribution in [0.15, 0.2) is 30.3 Å². The molecule has 1 N–H and O–H groups in total. The van der Waals surface area contributed by atoms with E-state index in [9.17, 15) is 9.59 Å². The topological polar surface area (TPSA) is 49.4 Å². The lowest BCUT2D eigenvalue weighted by Gasteiger charge is -2.11. The van der Waals surface area contributed by atoms with Crippen molar-refractivity contribution in [2.75, 3.05) is 18.9 Å². The lowest BCUT2D eigenvalue weighted by Crippen LogP contribution is -2.30. The van der Waals surface area contributed by atoms with E-state index in [0.29, 0.717) is 12.1 Å². The van der Waals surface area contributed by atoms with Crippen molar-refractivity contribution in [1.29, 1.82) is 0 Å². The van der Waals surface area contributed by atoms with E-state index >= 15 is 0 Å². The molecule has 0 radical (unpaired) electrons. The molecule has 17 heavy (non-hydrogen) atoms. The van der Waals surface area contributed by atoms with E-state index in [2.05, 4.69) is 5.32 Å². The van der Waals surface area contributed by atoms with E-state index < -0.39 is 0 Å². The van der Waals surface area contributed by atoms with Crippen LogP contribution in [0.25, 0.3) is 5.57 Å². The first kappa shape index (κ1) is 11.4. The standard InChI is InChI=1S/C13H14N2O2/c1-3-15-12(16)8-11(13(15)17)9-5-4-6-10(7-9)14-2/h4-8,14H,3H2,1-2H3. The van der Waals surface area contributed by atoms with Gasteiger partial charge in [0.25, 0.3) is 11.8 Å². The molecule has 1 aromatic carbocycles. The molecule has 88 valence electrons. The Morgan fingerprint density at radius 1 is 1.29 bits per heavy atom. The number of carbonyl (C=O) groups is 2. The lowest BCUT2D eigenvalue weighted by atomic mass is 10.1. The number of hydrogen-bond acceptors (Lipinski definition) is 3. The van der Waals surface area contributed by atoms with E-state index in [-0.39, 0.29) is 11.8 Å². The van der Waals surface area contributed by atoms with Gasteiger partial charge in [-0.25, -0.2) is 0 Å². The molecule has 0 saturated heterocycles. The largest absolute Gasteiger partial charge is 0.388 e. The maximum absolute atomic E-state index is 12.0. The number of likely N-dealkylation sites (N-methyl/N-ethyl adjacent to an activating group) is 1. The number of nitrogens with zero attached hydrogens (tertiary/aromatic N) is 1. The van der Waals surface area contributed by atoms with Crippen LogP contribution in [0.2, 0.25) is 0 Å². The summed E-state index contributed by atoms with van der Waals surface area (Å²) in [6.45, 7) is 2.19. The molecule has 1 aromatic rings. The molecule has 0 aliphatic carbocycles. The number of rotatable bonds is 3. The highest BCUT2D eigenvalue weighted by Gasteiger charge is 2.30. The highest BCUT2D eigenvalue weighted by atomic mass is 16.2. The van der Waals surface area contributed by atoms with Gasteiger partial charge in [0, 0.05) is 25.4 Å². The van der Waals surface area contributed by atoms with Gasteiger partial charge in [-0.15, -0.1) is 0 Å². The molecule has 0 unspecified atom stereocenters. The van der Waals surface area contributed by atoms with Crippen molar-refractivity contribution < 1.29 is 9.59 Å². The average Bonchev–Trinajstić information content (AvgIpc) is 2.64. The van der Waals surface area contributed by atoms with E-state index in [4.69, 9.17) is 0 Å². The van der Waals surface area contributed by atoms with Crippen LogP contribution < -0.4 is 5.32 Å². The SMILES string of the molecule is CCN1C(=O)C=C(c2cccc(NC)c2)C1=O. The highest BCUT2D eigenvalue weighted by Crippen LogP contribution is 2.25. The Hall–Kier alpha value is -2.10. The summed E-state index contributed by atoms with van der Waals surface area (Å²) in [7, 11) is 1.81. The molecule has 0 fully saturated rings. The van der Waals surface area contributed by atoms with Gasteiger partial charge in [0.05, 0.1) is 5.57 Å². The Kier molecular flexibility index (Phi) is 2.95. The molecule has 0 saturated carbocycles. The first-order valence-corrected chi connectivity index (χ1v) is 5.53. The lowest BCUT2D eigenvalue weighted by molar-refractivity contribution is -0.136. The molecule has 0 spiro atoms. The number of imide groups is 1. The first-order valence-electron chi connectivity index (χ1n) is 5.53. The fourth-order valence-corrected chi connectivity index (χ4v) is 1.86. The Balaban J connectivity index is 2.38. The van der Waals surface area contributed by atoms with E-state index in [0.717, 1.165) is 11.3 Å². The summed E-state index contributed by atoms with van der Waals surface area (Å²) in [5.74, 6) is -0.451. The molecule has 2 amide bonds. The van der Waals surface area contributed by atoms with Crippen molar-refractivity contribution in [3.05, 3.63) is 35.9 Å². The molecular weight excluding hydrogens is 216 g/mol. The number of hydrogen-bond donors (Lipinski definition) is 1. The van der Waals surface area contributed by atoms with Crippen LogP contribution in [-0.2, 0) is 9.59 Å². The third-order valence-corrected chi connectivity index (χ3v) is 2.79. The molecule has 0 aromatic heterocycles. The zero-order chi connectivity index (χ0) is 12.4. The molecule has 4 nitrogen and oxygen atoms in total. The summed E-state index contributed by atoms with van der Waals surface area (Å²) in [6, 6.07) is 7.45. The molecular formula is C13H14N2O2. The smallest absolute Gasteiger partial charge is 0.261 e. The summed E-state index contributed by atoms with van der Waals surface area (Å²) >= 11 is 0. The molecule has 1 heterocycles. The second kappa shape index (κ2) is 4.41. The van der Waals surface area contributed by atoms with Crippen molar-refractivity contribution in [2.24, 2.45) is 0 Å². The fraction of sp³-hybridized carbons (Fsp3) is 0.231. The predicted octanol–water partition coefficient (Wildman–Crippen LogP) is 1.50. The van der Waals surface area contributed by atoms with Gasteiger partial charge < -0.3 is 5.32 Å². The van der Waals surface area contributed by atoms with Gasteiger partial charge in [0.2, 0.25) is 0 Å². The molecule has 4 heteroatoms. The number of nitrogens with one attached hydrogen (secondary N) is 1. The second-order valence-electron chi connectivity index (χ2n) is 3.78. The van der Waals surface area contributed by atoms with Gasteiger partial charge in [-0.05, 0) is 24.6 Å². The fourth-order valence-electron chi connectivity index (χ4n) is 1.86. The number of amides is 2. The highest BCUT2D eigenvalue weighted by molar-refractivity contribution is 6.33.